The van der Waals surface area contributed by atoms with E-state index < -0.39 is 15.8 Å². The maximum atomic E-state index is 12.0. The summed E-state index contributed by atoms with van der Waals surface area (Å²) in [5, 5.41) is 20.9. The van der Waals surface area contributed by atoms with Crippen LogP contribution in [0.3, 0.4) is 0 Å². The minimum Gasteiger partial charge on any atom is -0.492 e. The molecule has 0 aliphatic heterocycles. The van der Waals surface area contributed by atoms with Crippen LogP contribution in [0.25, 0.3) is 0 Å². The highest BCUT2D eigenvalue weighted by Crippen LogP contribution is 2.40. The van der Waals surface area contributed by atoms with E-state index >= 15 is 0 Å². The molecule has 9 heteroatoms. The molecule has 0 fully saturated rings. The molecule has 2 aromatic rings. The standard InChI is InChI=1S/C18H18N2O6S/c1-2-18(17(21)22,26-16-9-4-3-8-15(16)20(23)24)27-14-7-5-6-13(12-14)25-11-10-19/h2-9,12H,1,10-11,19H2,(H,21,22). The fraction of sp³-hybridized carbons (Fsp3) is 0.167. The Morgan fingerprint density at radius 2 is 2.07 bits per heavy atom. The summed E-state index contributed by atoms with van der Waals surface area (Å²) < 4.78 is 11.0. The molecule has 142 valence electrons. The number of benzene rings is 2. The number of ether oxygens (including phenoxy) is 2. The molecule has 0 spiro atoms. The van der Waals surface area contributed by atoms with Crippen LogP contribution in [0.4, 0.5) is 5.69 Å². The van der Waals surface area contributed by atoms with Gasteiger partial charge in [0.25, 0.3) is 4.93 Å². The van der Waals surface area contributed by atoms with Gasteiger partial charge in [0.2, 0.25) is 0 Å². The van der Waals surface area contributed by atoms with Crippen molar-refractivity contribution in [3.8, 4) is 11.5 Å². The second-order valence-electron chi connectivity index (χ2n) is 5.22. The summed E-state index contributed by atoms with van der Waals surface area (Å²) in [5.74, 6) is -1.01. The topological polar surface area (TPSA) is 125 Å². The average Bonchev–Trinajstić information content (AvgIpc) is 2.66. The van der Waals surface area contributed by atoms with Crippen LogP contribution in [0.15, 0.2) is 66.1 Å². The van der Waals surface area contributed by atoms with Crippen LogP contribution in [-0.2, 0) is 4.79 Å². The molecule has 2 aromatic carbocycles. The second-order valence-corrected chi connectivity index (χ2v) is 6.50. The van der Waals surface area contributed by atoms with E-state index in [1.54, 1.807) is 24.3 Å². The Kier molecular flexibility index (Phi) is 6.80. The number of hydrogen-bond acceptors (Lipinski definition) is 7. The van der Waals surface area contributed by atoms with Gasteiger partial charge in [0, 0.05) is 17.5 Å². The van der Waals surface area contributed by atoms with Crippen LogP contribution >= 0.6 is 11.8 Å². The van der Waals surface area contributed by atoms with E-state index in [2.05, 4.69) is 6.58 Å². The van der Waals surface area contributed by atoms with E-state index in [4.69, 9.17) is 15.2 Å². The Bertz CT molecular complexity index is 844. The molecular weight excluding hydrogens is 372 g/mol. The quantitative estimate of drug-likeness (QED) is 0.208. The number of carboxylic acid groups (broad SMARTS) is 1. The van der Waals surface area contributed by atoms with Crippen molar-refractivity contribution >= 4 is 23.4 Å². The summed E-state index contributed by atoms with van der Waals surface area (Å²) in [6.07, 6.45) is 1.09. The number of hydrogen-bond donors (Lipinski definition) is 2. The maximum absolute atomic E-state index is 12.0. The van der Waals surface area contributed by atoms with Crippen LogP contribution in [0.1, 0.15) is 0 Å². The highest BCUT2D eigenvalue weighted by molar-refractivity contribution is 8.01. The number of carboxylic acids is 1. The van der Waals surface area contributed by atoms with Gasteiger partial charge >= 0.3 is 11.7 Å². The van der Waals surface area contributed by atoms with Crippen molar-refractivity contribution in [3.05, 3.63) is 71.3 Å². The van der Waals surface area contributed by atoms with Gasteiger partial charge in [-0.15, -0.1) is 0 Å². The summed E-state index contributed by atoms with van der Waals surface area (Å²) in [4.78, 5) is 21.1. The number of nitrogens with two attached hydrogens (primary N) is 1. The zero-order chi connectivity index (χ0) is 19.9. The van der Waals surface area contributed by atoms with Gasteiger partial charge in [0.15, 0.2) is 5.75 Å². The Hall–Kier alpha value is -3.04. The Labute approximate surface area is 159 Å². The van der Waals surface area contributed by atoms with Crippen molar-refractivity contribution in [2.75, 3.05) is 13.2 Å². The van der Waals surface area contributed by atoms with Crippen LogP contribution in [0.2, 0.25) is 0 Å². The molecule has 0 bridgehead atoms. The first-order chi connectivity index (χ1) is 12.9. The highest BCUT2D eigenvalue weighted by Gasteiger charge is 2.41. The number of nitro groups is 1. The molecule has 0 amide bonds. The molecule has 0 aliphatic carbocycles. The number of thioether (sulfide) groups is 1. The lowest BCUT2D eigenvalue weighted by molar-refractivity contribution is -0.386. The third kappa shape index (κ3) is 4.99. The van der Waals surface area contributed by atoms with E-state index in [0.29, 0.717) is 23.8 Å². The van der Waals surface area contributed by atoms with Gasteiger partial charge in [0.1, 0.15) is 12.4 Å². The molecule has 3 N–H and O–H groups in total. The summed E-state index contributed by atoms with van der Waals surface area (Å²) in [6, 6.07) is 12.2. The lowest BCUT2D eigenvalue weighted by Crippen LogP contribution is -2.39. The predicted octanol–water partition coefficient (Wildman–Crippen LogP) is 3.07. The van der Waals surface area contributed by atoms with Crippen molar-refractivity contribution in [1.82, 2.24) is 0 Å². The van der Waals surface area contributed by atoms with Crippen LogP contribution < -0.4 is 15.2 Å². The van der Waals surface area contributed by atoms with E-state index in [9.17, 15) is 20.0 Å². The zero-order valence-electron chi connectivity index (χ0n) is 14.2. The normalized spacial score (nSPS) is 12.6. The summed E-state index contributed by atoms with van der Waals surface area (Å²) in [6.45, 7) is 4.20. The van der Waals surface area contributed by atoms with E-state index in [1.807, 2.05) is 0 Å². The first-order valence-corrected chi connectivity index (χ1v) is 8.65. The fourth-order valence-corrected chi connectivity index (χ4v) is 3.09. The van der Waals surface area contributed by atoms with Crippen molar-refractivity contribution in [1.29, 1.82) is 0 Å². The van der Waals surface area contributed by atoms with Gasteiger partial charge in [-0.05, 0) is 30.3 Å². The lowest BCUT2D eigenvalue weighted by Gasteiger charge is -2.26. The molecule has 0 radical (unpaired) electrons. The van der Waals surface area contributed by atoms with Gasteiger partial charge in [-0.2, -0.15) is 0 Å². The van der Waals surface area contributed by atoms with Gasteiger partial charge < -0.3 is 20.3 Å². The lowest BCUT2D eigenvalue weighted by atomic mass is 10.3. The van der Waals surface area contributed by atoms with Crippen LogP contribution in [0.5, 0.6) is 11.5 Å². The number of rotatable bonds is 10. The summed E-state index contributed by atoms with van der Waals surface area (Å²) in [7, 11) is 0. The average molecular weight is 390 g/mol. The molecule has 0 aliphatic rings. The third-order valence-electron chi connectivity index (χ3n) is 3.35. The molecule has 0 saturated heterocycles. The van der Waals surface area contributed by atoms with Crippen molar-refractivity contribution < 1.29 is 24.3 Å². The first-order valence-electron chi connectivity index (χ1n) is 7.83. The number of nitrogens with zero attached hydrogens (tertiary/aromatic N) is 1. The molecule has 0 heterocycles. The molecule has 0 saturated carbocycles. The van der Waals surface area contributed by atoms with E-state index in [-0.39, 0.29) is 11.4 Å². The van der Waals surface area contributed by atoms with Gasteiger partial charge in [-0.3, -0.25) is 10.1 Å². The predicted molar refractivity (Wildman–Crippen MR) is 101 cm³/mol. The molecular formula is C18H18N2O6S. The number of para-hydroxylation sites is 2. The van der Waals surface area contributed by atoms with Crippen molar-refractivity contribution in [3.63, 3.8) is 0 Å². The minimum absolute atomic E-state index is 0.173. The van der Waals surface area contributed by atoms with E-state index in [0.717, 1.165) is 17.8 Å². The van der Waals surface area contributed by atoms with Gasteiger partial charge in [-0.25, -0.2) is 4.79 Å². The number of carbonyl (C=O) groups is 1. The third-order valence-corrected chi connectivity index (χ3v) is 4.57. The molecule has 8 nitrogen and oxygen atoms in total. The maximum Gasteiger partial charge on any atom is 0.363 e. The molecule has 27 heavy (non-hydrogen) atoms. The Balaban J connectivity index is 2.37. The number of aliphatic carboxylic acids is 1. The Morgan fingerprint density at radius 3 is 2.70 bits per heavy atom. The molecule has 0 aromatic heterocycles. The van der Waals surface area contributed by atoms with Gasteiger partial charge in [0.05, 0.1) is 4.92 Å². The van der Waals surface area contributed by atoms with Crippen LogP contribution in [-0.4, -0.2) is 34.1 Å². The van der Waals surface area contributed by atoms with Gasteiger partial charge in [-0.1, -0.05) is 36.5 Å². The molecule has 2 rings (SSSR count). The second kappa shape index (κ2) is 9.06. The monoisotopic (exact) mass is 390 g/mol. The van der Waals surface area contributed by atoms with Crippen LogP contribution in [0, 0.1) is 10.1 Å². The minimum atomic E-state index is -1.97. The Morgan fingerprint density at radius 1 is 1.33 bits per heavy atom. The fourth-order valence-electron chi connectivity index (χ4n) is 2.12. The summed E-state index contributed by atoms with van der Waals surface area (Å²) >= 11 is 0.833. The SMILES string of the molecule is C=CC(Oc1ccccc1[N+](=O)[O-])(Sc1cccc(OCCN)c1)C(=O)O. The van der Waals surface area contributed by atoms with Crippen molar-refractivity contribution in [2.24, 2.45) is 5.73 Å². The molecule has 1 unspecified atom stereocenters. The smallest absolute Gasteiger partial charge is 0.363 e. The largest absolute Gasteiger partial charge is 0.492 e. The first kappa shape index (κ1) is 20.3. The highest BCUT2D eigenvalue weighted by atomic mass is 32.2. The summed E-state index contributed by atoms with van der Waals surface area (Å²) in [5.41, 5.74) is 5.06. The number of nitro benzene ring substituents is 1. The zero-order valence-corrected chi connectivity index (χ0v) is 15.1. The van der Waals surface area contributed by atoms with Crippen molar-refractivity contribution in [2.45, 2.75) is 9.83 Å². The molecule has 1 atom stereocenters. The van der Waals surface area contributed by atoms with E-state index in [1.165, 1.54) is 24.3 Å².